The first-order chi connectivity index (χ1) is 10.0. The van der Waals surface area contributed by atoms with Crippen LogP contribution in [0.4, 0.5) is 11.6 Å². The summed E-state index contributed by atoms with van der Waals surface area (Å²) in [7, 11) is 0. The molecule has 0 atom stereocenters. The number of anilines is 2. The van der Waals surface area contributed by atoms with Crippen molar-refractivity contribution < 1.29 is 0 Å². The van der Waals surface area contributed by atoms with Crippen molar-refractivity contribution in [1.29, 1.82) is 0 Å². The Morgan fingerprint density at radius 3 is 2.48 bits per heavy atom. The fourth-order valence-electron chi connectivity index (χ4n) is 2.72. The molecule has 21 heavy (non-hydrogen) atoms. The maximum absolute atomic E-state index is 4.66. The summed E-state index contributed by atoms with van der Waals surface area (Å²) in [5.74, 6) is 3.24. The molecule has 0 amide bonds. The van der Waals surface area contributed by atoms with Gasteiger partial charge in [0.1, 0.15) is 18.0 Å². The first-order valence-electron chi connectivity index (χ1n) is 8.40. The van der Waals surface area contributed by atoms with Crippen LogP contribution in [0.2, 0.25) is 0 Å². The standard InChI is InChI=1S/C17H30N4/c1-6-9-18-16-15(13(4)5)17(20-11-19-16)21(10-12(2)3)14-7-8-14/h11-14H,6-10H2,1-5H3,(H,18,19,20). The third kappa shape index (κ3) is 4.08. The van der Waals surface area contributed by atoms with Gasteiger partial charge < -0.3 is 10.2 Å². The lowest BCUT2D eigenvalue weighted by molar-refractivity contribution is 0.598. The van der Waals surface area contributed by atoms with Crippen molar-refractivity contribution in [3.05, 3.63) is 11.9 Å². The summed E-state index contributed by atoms with van der Waals surface area (Å²) in [4.78, 5) is 11.7. The van der Waals surface area contributed by atoms with Crippen LogP contribution in [0.25, 0.3) is 0 Å². The highest BCUT2D eigenvalue weighted by Gasteiger charge is 2.32. The van der Waals surface area contributed by atoms with Crippen molar-refractivity contribution in [2.75, 3.05) is 23.3 Å². The van der Waals surface area contributed by atoms with Crippen LogP contribution in [-0.4, -0.2) is 29.1 Å². The van der Waals surface area contributed by atoms with E-state index in [-0.39, 0.29) is 0 Å². The number of nitrogens with one attached hydrogen (secondary N) is 1. The summed E-state index contributed by atoms with van der Waals surface area (Å²) in [6, 6.07) is 0.679. The summed E-state index contributed by atoms with van der Waals surface area (Å²) < 4.78 is 0. The van der Waals surface area contributed by atoms with Crippen LogP contribution >= 0.6 is 0 Å². The third-order valence-electron chi connectivity index (χ3n) is 3.80. The van der Waals surface area contributed by atoms with Gasteiger partial charge in [-0.15, -0.1) is 0 Å². The Bertz CT molecular complexity index is 452. The highest BCUT2D eigenvalue weighted by atomic mass is 15.2. The molecule has 0 aliphatic heterocycles. The molecule has 1 aliphatic carbocycles. The number of nitrogens with zero attached hydrogens (tertiary/aromatic N) is 3. The first-order valence-corrected chi connectivity index (χ1v) is 8.40. The molecule has 1 saturated carbocycles. The van der Waals surface area contributed by atoms with E-state index in [1.807, 2.05) is 0 Å². The van der Waals surface area contributed by atoms with E-state index in [1.54, 1.807) is 6.33 Å². The molecule has 1 aliphatic rings. The summed E-state index contributed by atoms with van der Waals surface area (Å²) in [5, 5.41) is 3.47. The largest absolute Gasteiger partial charge is 0.370 e. The lowest BCUT2D eigenvalue weighted by Crippen LogP contribution is -2.32. The van der Waals surface area contributed by atoms with Gasteiger partial charge in [0.2, 0.25) is 0 Å². The zero-order chi connectivity index (χ0) is 15.4. The van der Waals surface area contributed by atoms with E-state index in [0.717, 1.165) is 31.1 Å². The lowest BCUT2D eigenvalue weighted by Gasteiger charge is -2.29. The highest BCUT2D eigenvalue weighted by Crippen LogP contribution is 2.37. The molecule has 1 aromatic rings. The van der Waals surface area contributed by atoms with Crippen molar-refractivity contribution >= 4 is 11.6 Å². The second kappa shape index (κ2) is 7.10. The summed E-state index contributed by atoms with van der Waals surface area (Å²) in [5.41, 5.74) is 1.28. The Hall–Kier alpha value is -1.32. The van der Waals surface area contributed by atoms with Gasteiger partial charge in [-0.2, -0.15) is 0 Å². The molecule has 1 heterocycles. The monoisotopic (exact) mass is 290 g/mol. The van der Waals surface area contributed by atoms with Crippen molar-refractivity contribution in [3.63, 3.8) is 0 Å². The number of rotatable bonds is 8. The van der Waals surface area contributed by atoms with Gasteiger partial charge in [-0.3, -0.25) is 0 Å². The number of hydrogen-bond acceptors (Lipinski definition) is 4. The quantitative estimate of drug-likeness (QED) is 0.784. The van der Waals surface area contributed by atoms with E-state index in [1.165, 1.54) is 18.4 Å². The minimum Gasteiger partial charge on any atom is -0.370 e. The van der Waals surface area contributed by atoms with Crippen LogP contribution in [0.1, 0.15) is 65.4 Å². The van der Waals surface area contributed by atoms with E-state index in [4.69, 9.17) is 0 Å². The van der Waals surface area contributed by atoms with E-state index < -0.39 is 0 Å². The SMILES string of the molecule is CCCNc1ncnc(N(CC(C)C)C2CC2)c1C(C)C. The predicted octanol–water partition coefficient (Wildman–Crippen LogP) is 4.05. The van der Waals surface area contributed by atoms with Crippen LogP contribution in [0.3, 0.4) is 0 Å². The smallest absolute Gasteiger partial charge is 0.137 e. The topological polar surface area (TPSA) is 41.1 Å². The van der Waals surface area contributed by atoms with Crippen LogP contribution in [-0.2, 0) is 0 Å². The van der Waals surface area contributed by atoms with E-state index in [9.17, 15) is 0 Å². The van der Waals surface area contributed by atoms with Crippen molar-refractivity contribution in [2.24, 2.45) is 5.92 Å². The summed E-state index contributed by atoms with van der Waals surface area (Å²) in [6.45, 7) is 13.3. The van der Waals surface area contributed by atoms with Crippen molar-refractivity contribution in [3.8, 4) is 0 Å². The van der Waals surface area contributed by atoms with E-state index in [2.05, 4.69) is 54.8 Å². The fourth-order valence-corrected chi connectivity index (χ4v) is 2.72. The summed E-state index contributed by atoms with van der Waals surface area (Å²) >= 11 is 0. The van der Waals surface area contributed by atoms with Gasteiger partial charge in [0.25, 0.3) is 0 Å². The van der Waals surface area contributed by atoms with Crippen LogP contribution in [0.15, 0.2) is 6.33 Å². The molecule has 0 radical (unpaired) electrons. The van der Waals surface area contributed by atoms with Crippen LogP contribution in [0.5, 0.6) is 0 Å². The molecule has 0 bridgehead atoms. The third-order valence-corrected chi connectivity index (χ3v) is 3.80. The molecule has 4 nitrogen and oxygen atoms in total. The van der Waals surface area contributed by atoms with Gasteiger partial charge in [0, 0.05) is 24.7 Å². The Labute approximate surface area is 129 Å². The van der Waals surface area contributed by atoms with Gasteiger partial charge in [0.05, 0.1) is 0 Å². The molecule has 1 N–H and O–H groups in total. The molecule has 0 spiro atoms. The van der Waals surface area contributed by atoms with Gasteiger partial charge in [-0.25, -0.2) is 9.97 Å². The van der Waals surface area contributed by atoms with E-state index >= 15 is 0 Å². The fraction of sp³-hybridized carbons (Fsp3) is 0.765. The van der Waals surface area contributed by atoms with Crippen LogP contribution in [0, 0.1) is 5.92 Å². The molecule has 2 rings (SSSR count). The van der Waals surface area contributed by atoms with E-state index in [0.29, 0.717) is 17.9 Å². The first kappa shape index (κ1) is 16.1. The molecular formula is C17H30N4. The molecular weight excluding hydrogens is 260 g/mol. The van der Waals surface area contributed by atoms with Crippen LogP contribution < -0.4 is 10.2 Å². The molecule has 0 saturated heterocycles. The molecule has 118 valence electrons. The Balaban J connectivity index is 2.35. The minimum atomic E-state index is 0.425. The molecule has 0 unspecified atom stereocenters. The Morgan fingerprint density at radius 2 is 1.95 bits per heavy atom. The zero-order valence-corrected chi connectivity index (χ0v) is 14.2. The average molecular weight is 290 g/mol. The normalized spacial score (nSPS) is 14.8. The minimum absolute atomic E-state index is 0.425. The molecule has 1 fully saturated rings. The molecule has 4 heteroatoms. The Morgan fingerprint density at radius 1 is 1.24 bits per heavy atom. The summed E-state index contributed by atoms with van der Waals surface area (Å²) in [6.07, 6.45) is 5.42. The maximum Gasteiger partial charge on any atom is 0.137 e. The molecule has 0 aromatic carbocycles. The Kier molecular flexibility index (Phi) is 5.43. The second-order valence-corrected chi connectivity index (χ2v) is 6.82. The van der Waals surface area contributed by atoms with Gasteiger partial charge in [0.15, 0.2) is 0 Å². The maximum atomic E-state index is 4.66. The second-order valence-electron chi connectivity index (χ2n) is 6.82. The molecule has 1 aromatic heterocycles. The predicted molar refractivity (Wildman–Crippen MR) is 90.1 cm³/mol. The van der Waals surface area contributed by atoms with Crippen molar-refractivity contribution in [2.45, 2.75) is 65.8 Å². The van der Waals surface area contributed by atoms with Crippen molar-refractivity contribution in [1.82, 2.24) is 9.97 Å². The average Bonchev–Trinajstić information content (AvgIpc) is 3.26. The van der Waals surface area contributed by atoms with Gasteiger partial charge in [-0.1, -0.05) is 34.6 Å². The number of hydrogen-bond donors (Lipinski definition) is 1. The highest BCUT2D eigenvalue weighted by molar-refractivity contribution is 5.61. The van der Waals surface area contributed by atoms with Gasteiger partial charge in [-0.05, 0) is 31.1 Å². The van der Waals surface area contributed by atoms with Gasteiger partial charge >= 0.3 is 0 Å². The zero-order valence-electron chi connectivity index (χ0n) is 14.2. The number of aromatic nitrogens is 2. The lowest BCUT2D eigenvalue weighted by atomic mass is 10.0.